The molecule has 3 aliphatic carbocycles. The zero-order valence-electron chi connectivity index (χ0n) is 14.3. The van der Waals surface area contributed by atoms with Crippen LogP contribution in [0.1, 0.15) is 24.8 Å². The molecule has 0 saturated heterocycles. The summed E-state index contributed by atoms with van der Waals surface area (Å²) in [5.41, 5.74) is 0.0685. The van der Waals surface area contributed by atoms with E-state index in [-0.39, 0.29) is 34.7 Å². The first kappa shape index (κ1) is 17.8. The smallest absolute Gasteiger partial charge is 0.258 e. The Morgan fingerprint density at radius 3 is 2.78 bits per heavy atom. The first-order chi connectivity index (χ1) is 12.9. The summed E-state index contributed by atoms with van der Waals surface area (Å²) in [6, 6.07) is 3.99. The minimum Gasteiger partial charge on any atom is -0.484 e. The predicted octanol–water partition coefficient (Wildman–Crippen LogP) is 2.20. The fourth-order valence-electron chi connectivity index (χ4n) is 3.89. The van der Waals surface area contributed by atoms with Crippen LogP contribution in [0, 0.1) is 11.2 Å². The van der Waals surface area contributed by atoms with Crippen LogP contribution in [0.4, 0.5) is 4.39 Å². The molecule has 7 nitrogen and oxygen atoms in total. The van der Waals surface area contributed by atoms with Crippen LogP contribution in [0.3, 0.4) is 0 Å². The van der Waals surface area contributed by atoms with Gasteiger partial charge in [-0.3, -0.25) is 9.59 Å². The second-order valence-corrected chi connectivity index (χ2v) is 7.63. The second kappa shape index (κ2) is 6.53. The number of amides is 2. The quantitative estimate of drug-likeness (QED) is 0.752. The third kappa shape index (κ3) is 3.37. The van der Waals surface area contributed by atoms with E-state index in [2.05, 4.69) is 15.8 Å². The van der Waals surface area contributed by atoms with Crippen molar-refractivity contribution in [3.63, 3.8) is 0 Å². The summed E-state index contributed by atoms with van der Waals surface area (Å²) in [5, 5.41) is 9.36. The number of ether oxygens (including phenoxy) is 1. The van der Waals surface area contributed by atoms with Crippen LogP contribution in [-0.2, 0) is 16.1 Å². The highest BCUT2D eigenvalue weighted by Gasteiger charge is 2.72. The SMILES string of the molecule is O=C(COc1ccc(Cl)c(F)c1)NC12CC(C(=O)NCc3cnoc3)(C1)C2. The summed E-state index contributed by atoms with van der Waals surface area (Å²) in [5.74, 6) is -0.696. The number of carbonyl (C=O) groups excluding carboxylic acids is 2. The average molecular weight is 394 g/mol. The van der Waals surface area contributed by atoms with Gasteiger partial charge in [-0.25, -0.2) is 4.39 Å². The lowest BCUT2D eigenvalue weighted by atomic mass is 9.39. The minimum atomic E-state index is -0.604. The lowest BCUT2D eigenvalue weighted by Gasteiger charge is -2.69. The van der Waals surface area contributed by atoms with Crippen LogP contribution in [0.2, 0.25) is 5.02 Å². The normalized spacial score (nSPS) is 25.1. The molecule has 1 aromatic heterocycles. The molecule has 5 rings (SSSR count). The van der Waals surface area contributed by atoms with E-state index in [0.29, 0.717) is 25.8 Å². The maximum Gasteiger partial charge on any atom is 0.258 e. The Labute approximate surface area is 159 Å². The van der Waals surface area contributed by atoms with Crippen molar-refractivity contribution in [2.75, 3.05) is 6.61 Å². The molecule has 3 aliphatic rings. The first-order valence-corrected chi connectivity index (χ1v) is 8.83. The van der Waals surface area contributed by atoms with Crippen LogP contribution in [0.25, 0.3) is 0 Å². The average Bonchev–Trinajstić information content (AvgIpc) is 3.09. The molecule has 2 bridgehead atoms. The number of benzene rings is 1. The molecule has 0 unspecified atom stereocenters. The third-order valence-electron chi connectivity index (χ3n) is 5.11. The van der Waals surface area contributed by atoms with Crippen molar-refractivity contribution in [3.8, 4) is 5.75 Å². The highest BCUT2D eigenvalue weighted by Crippen LogP contribution is 2.67. The highest BCUT2D eigenvalue weighted by molar-refractivity contribution is 6.30. The molecule has 0 spiro atoms. The van der Waals surface area contributed by atoms with Gasteiger partial charge in [-0.15, -0.1) is 0 Å². The van der Waals surface area contributed by atoms with Gasteiger partial charge in [0.25, 0.3) is 5.91 Å². The van der Waals surface area contributed by atoms with Gasteiger partial charge in [-0.2, -0.15) is 0 Å². The summed E-state index contributed by atoms with van der Waals surface area (Å²) in [7, 11) is 0. The van der Waals surface area contributed by atoms with Crippen molar-refractivity contribution in [1.29, 1.82) is 0 Å². The molecule has 142 valence electrons. The molecule has 2 N–H and O–H groups in total. The maximum absolute atomic E-state index is 13.4. The van der Waals surface area contributed by atoms with E-state index in [0.717, 1.165) is 11.6 Å². The van der Waals surface area contributed by atoms with Gasteiger partial charge in [0.05, 0.1) is 16.6 Å². The molecular formula is C18H17ClFN3O4. The zero-order valence-corrected chi connectivity index (χ0v) is 15.0. The Bertz CT molecular complexity index is 867. The fourth-order valence-corrected chi connectivity index (χ4v) is 4.01. The van der Waals surface area contributed by atoms with Crippen molar-refractivity contribution in [3.05, 3.63) is 47.1 Å². The molecule has 0 radical (unpaired) electrons. The van der Waals surface area contributed by atoms with Crippen molar-refractivity contribution in [1.82, 2.24) is 15.8 Å². The monoisotopic (exact) mass is 393 g/mol. The zero-order chi connectivity index (χ0) is 19.1. The summed E-state index contributed by atoms with van der Waals surface area (Å²) >= 11 is 5.60. The van der Waals surface area contributed by atoms with Crippen LogP contribution >= 0.6 is 11.6 Å². The van der Waals surface area contributed by atoms with Gasteiger partial charge in [0.1, 0.15) is 17.8 Å². The molecule has 27 heavy (non-hydrogen) atoms. The topological polar surface area (TPSA) is 93.5 Å². The lowest BCUT2D eigenvalue weighted by Crippen LogP contribution is -2.78. The lowest BCUT2D eigenvalue weighted by molar-refractivity contribution is -0.184. The van der Waals surface area contributed by atoms with Gasteiger partial charge in [0.2, 0.25) is 5.91 Å². The number of hydrogen-bond acceptors (Lipinski definition) is 5. The largest absolute Gasteiger partial charge is 0.484 e. The van der Waals surface area contributed by atoms with Crippen LogP contribution in [0.5, 0.6) is 5.75 Å². The van der Waals surface area contributed by atoms with Gasteiger partial charge in [0.15, 0.2) is 6.61 Å². The number of nitrogens with zero attached hydrogens (tertiary/aromatic N) is 1. The number of halogens is 2. The first-order valence-electron chi connectivity index (χ1n) is 8.45. The Morgan fingerprint density at radius 2 is 2.11 bits per heavy atom. The van der Waals surface area contributed by atoms with Gasteiger partial charge >= 0.3 is 0 Å². The molecule has 1 aromatic carbocycles. The Morgan fingerprint density at radius 1 is 1.33 bits per heavy atom. The predicted molar refractivity (Wildman–Crippen MR) is 92.4 cm³/mol. The number of aromatic nitrogens is 1. The number of hydrogen-bond donors (Lipinski definition) is 2. The molecule has 0 atom stereocenters. The van der Waals surface area contributed by atoms with Crippen molar-refractivity contribution < 1.29 is 23.2 Å². The van der Waals surface area contributed by atoms with Crippen molar-refractivity contribution in [2.24, 2.45) is 5.41 Å². The summed E-state index contributed by atoms with van der Waals surface area (Å²) in [6.45, 7) is 0.143. The summed E-state index contributed by atoms with van der Waals surface area (Å²) < 4.78 is 23.4. The van der Waals surface area contributed by atoms with E-state index in [4.69, 9.17) is 20.9 Å². The fraction of sp³-hybridized carbons (Fsp3) is 0.389. The van der Waals surface area contributed by atoms with Gasteiger partial charge < -0.3 is 19.9 Å². The maximum atomic E-state index is 13.4. The minimum absolute atomic E-state index is 0.00623. The molecule has 3 fully saturated rings. The van der Waals surface area contributed by atoms with Crippen molar-refractivity contribution >= 4 is 23.4 Å². The van der Waals surface area contributed by atoms with E-state index < -0.39 is 11.2 Å². The second-order valence-electron chi connectivity index (χ2n) is 7.22. The summed E-state index contributed by atoms with van der Waals surface area (Å²) in [4.78, 5) is 24.4. The van der Waals surface area contributed by atoms with Gasteiger partial charge in [-0.1, -0.05) is 16.8 Å². The Kier molecular flexibility index (Phi) is 4.30. The van der Waals surface area contributed by atoms with E-state index in [1.807, 2.05) is 0 Å². The number of rotatable bonds is 7. The molecule has 2 amide bonds. The van der Waals surface area contributed by atoms with Gasteiger partial charge in [-0.05, 0) is 31.4 Å². The number of carbonyl (C=O) groups is 2. The summed E-state index contributed by atoms with van der Waals surface area (Å²) in [6.07, 6.45) is 4.86. The highest BCUT2D eigenvalue weighted by atomic mass is 35.5. The molecule has 3 saturated carbocycles. The molecule has 9 heteroatoms. The molecule has 1 heterocycles. The van der Waals surface area contributed by atoms with E-state index in [1.54, 1.807) is 6.20 Å². The van der Waals surface area contributed by atoms with Gasteiger partial charge in [0, 0.05) is 23.7 Å². The number of nitrogens with one attached hydrogen (secondary N) is 2. The van der Waals surface area contributed by atoms with Crippen LogP contribution < -0.4 is 15.4 Å². The van der Waals surface area contributed by atoms with Crippen LogP contribution in [-0.4, -0.2) is 29.1 Å². The Hall–Kier alpha value is -2.61. The third-order valence-corrected chi connectivity index (χ3v) is 5.42. The Balaban J connectivity index is 1.21. The molecule has 2 aromatic rings. The van der Waals surface area contributed by atoms with E-state index in [9.17, 15) is 14.0 Å². The standard InChI is InChI=1S/C18H17ClFN3O4/c19-13-2-1-12(3-14(13)20)26-7-15(24)23-18-8-17(9-18,10-18)16(25)21-4-11-5-22-27-6-11/h1-3,5-6H,4,7-10H2,(H,21,25)(H,23,24). The van der Waals surface area contributed by atoms with Crippen molar-refractivity contribution in [2.45, 2.75) is 31.3 Å². The van der Waals surface area contributed by atoms with Crippen LogP contribution in [0.15, 0.2) is 35.2 Å². The molecule has 0 aliphatic heterocycles. The van der Waals surface area contributed by atoms with E-state index in [1.165, 1.54) is 18.4 Å². The van der Waals surface area contributed by atoms with E-state index >= 15 is 0 Å². The molecular weight excluding hydrogens is 377 g/mol.